The number of pyridine rings is 1. The Bertz CT molecular complexity index is 552. The molecule has 3 heteroatoms. The summed E-state index contributed by atoms with van der Waals surface area (Å²) in [5, 5.41) is 3.20. The standard InChI is InChI=1S/C16H20N2O/c1-4-17-16-10-14(7-8-18-16)11-19-15-6-5-12(2)13(3)9-15/h5-10H,4,11H2,1-3H3,(H,17,18). The van der Waals surface area contributed by atoms with Gasteiger partial charge in [-0.15, -0.1) is 0 Å². The average molecular weight is 256 g/mol. The molecule has 0 unspecified atom stereocenters. The second-order valence-electron chi connectivity index (χ2n) is 4.61. The maximum absolute atomic E-state index is 5.81. The van der Waals surface area contributed by atoms with Gasteiger partial charge in [-0.3, -0.25) is 0 Å². The van der Waals surface area contributed by atoms with Crippen LogP contribution in [0.1, 0.15) is 23.6 Å². The molecule has 100 valence electrons. The van der Waals surface area contributed by atoms with Crippen LogP contribution in [0, 0.1) is 13.8 Å². The third-order valence-electron chi connectivity index (χ3n) is 3.07. The molecule has 0 radical (unpaired) electrons. The highest BCUT2D eigenvalue weighted by Gasteiger charge is 2.00. The number of benzene rings is 1. The first-order chi connectivity index (χ1) is 9.19. The molecule has 2 aromatic rings. The van der Waals surface area contributed by atoms with Gasteiger partial charge in [0.2, 0.25) is 0 Å². The normalized spacial score (nSPS) is 10.3. The number of nitrogens with one attached hydrogen (secondary N) is 1. The summed E-state index contributed by atoms with van der Waals surface area (Å²) in [5.74, 6) is 1.80. The number of aryl methyl sites for hydroxylation is 2. The number of rotatable bonds is 5. The van der Waals surface area contributed by atoms with Crippen LogP contribution in [0.3, 0.4) is 0 Å². The molecule has 0 aliphatic heterocycles. The van der Waals surface area contributed by atoms with Crippen LogP contribution in [0.4, 0.5) is 5.82 Å². The van der Waals surface area contributed by atoms with Crippen LogP contribution in [-0.4, -0.2) is 11.5 Å². The van der Waals surface area contributed by atoms with Crippen molar-refractivity contribution in [2.24, 2.45) is 0 Å². The van der Waals surface area contributed by atoms with E-state index in [1.807, 2.05) is 18.2 Å². The number of anilines is 1. The topological polar surface area (TPSA) is 34.1 Å². The Labute approximate surface area is 114 Å². The quantitative estimate of drug-likeness (QED) is 0.885. The first-order valence-electron chi connectivity index (χ1n) is 6.58. The molecule has 19 heavy (non-hydrogen) atoms. The van der Waals surface area contributed by atoms with Crippen LogP contribution in [0.5, 0.6) is 5.75 Å². The molecule has 0 bridgehead atoms. The van der Waals surface area contributed by atoms with Crippen molar-refractivity contribution in [1.82, 2.24) is 4.98 Å². The molecule has 1 aromatic carbocycles. The number of hydrogen-bond acceptors (Lipinski definition) is 3. The zero-order valence-electron chi connectivity index (χ0n) is 11.7. The predicted molar refractivity (Wildman–Crippen MR) is 78.6 cm³/mol. The summed E-state index contributed by atoms with van der Waals surface area (Å²) in [4.78, 5) is 4.24. The second-order valence-corrected chi connectivity index (χ2v) is 4.61. The lowest BCUT2D eigenvalue weighted by Gasteiger charge is -2.09. The summed E-state index contributed by atoms with van der Waals surface area (Å²) in [6, 6.07) is 10.2. The molecule has 0 amide bonds. The number of aromatic nitrogens is 1. The minimum atomic E-state index is 0.559. The highest BCUT2D eigenvalue weighted by Crippen LogP contribution is 2.18. The monoisotopic (exact) mass is 256 g/mol. The maximum Gasteiger partial charge on any atom is 0.126 e. The molecule has 1 aromatic heterocycles. The Hall–Kier alpha value is -2.03. The minimum Gasteiger partial charge on any atom is -0.489 e. The van der Waals surface area contributed by atoms with Crippen LogP contribution in [0.25, 0.3) is 0 Å². The van der Waals surface area contributed by atoms with Gasteiger partial charge in [-0.25, -0.2) is 4.98 Å². The first kappa shape index (κ1) is 13.4. The van der Waals surface area contributed by atoms with E-state index in [0.717, 1.165) is 23.7 Å². The number of hydrogen-bond donors (Lipinski definition) is 1. The molecule has 0 spiro atoms. The van der Waals surface area contributed by atoms with Gasteiger partial charge < -0.3 is 10.1 Å². The average Bonchev–Trinajstić information content (AvgIpc) is 2.41. The minimum absolute atomic E-state index is 0.559. The van der Waals surface area contributed by atoms with Crippen molar-refractivity contribution >= 4 is 5.82 Å². The third kappa shape index (κ3) is 3.71. The van der Waals surface area contributed by atoms with Gasteiger partial charge in [0.1, 0.15) is 18.2 Å². The Balaban J connectivity index is 2.01. The molecule has 0 atom stereocenters. The van der Waals surface area contributed by atoms with Gasteiger partial charge in [0.25, 0.3) is 0 Å². The largest absolute Gasteiger partial charge is 0.489 e. The van der Waals surface area contributed by atoms with Gasteiger partial charge in [-0.05, 0) is 61.7 Å². The summed E-state index contributed by atoms with van der Waals surface area (Å²) in [5.41, 5.74) is 3.65. The molecule has 0 saturated carbocycles. The Morgan fingerprint density at radius 1 is 1.11 bits per heavy atom. The van der Waals surface area contributed by atoms with Gasteiger partial charge in [-0.2, -0.15) is 0 Å². The van der Waals surface area contributed by atoms with Crippen LogP contribution in [0.2, 0.25) is 0 Å². The van der Waals surface area contributed by atoms with E-state index in [2.05, 4.69) is 43.2 Å². The van der Waals surface area contributed by atoms with E-state index < -0.39 is 0 Å². The van der Waals surface area contributed by atoms with Crippen molar-refractivity contribution in [2.45, 2.75) is 27.4 Å². The van der Waals surface area contributed by atoms with Crippen molar-refractivity contribution in [3.63, 3.8) is 0 Å². The lowest BCUT2D eigenvalue weighted by atomic mass is 10.1. The molecule has 1 heterocycles. The van der Waals surface area contributed by atoms with Crippen molar-refractivity contribution in [1.29, 1.82) is 0 Å². The number of ether oxygens (including phenoxy) is 1. The summed E-state index contributed by atoms with van der Waals surface area (Å²) >= 11 is 0. The molecule has 0 fully saturated rings. The van der Waals surface area contributed by atoms with Crippen molar-refractivity contribution < 1.29 is 4.74 Å². The molecule has 3 nitrogen and oxygen atoms in total. The van der Waals surface area contributed by atoms with Crippen LogP contribution >= 0.6 is 0 Å². The summed E-state index contributed by atoms with van der Waals surface area (Å²) in [6.45, 7) is 7.68. The molecule has 1 N–H and O–H groups in total. The van der Waals surface area contributed by atoms with Gasteiger partial charge in [0, 0.05) is 12.7 Å². The summed E-state index contributed by atoms with van der Waals surface area (Å²) in [6.07, 6.45) is 1.80. The van der Waals surface area contributed by atoms with Crippen molar-refractivity contribution in [2.75, 3.05) is 11.9 Å². The van der Waals surface area contributed by atoms with E-state index in [9.17, 15) is 0 Å². The fourth-order valence-electron chi connectivity index (χ4n) is 1.81. The summed E-state index contributed by atoms with van der Waals surface area (Å²) < 4.78 is 5.81. The predicted octanol–water partition coefficient (Wildman–Crippen LogP) is 3.71. The van der Waals surface area contributed by atoms with Crippen molar-refractivity contribution in [3.05, 3.63) is 53.2 Å². The van der Waals surface area contributed by atoms with Gasteiger partial charge in [-0.1, -0.05) is 6.07 Å². The van der Waals surface area contributed by atoms with Gasteiger partial charge >= 0.3 is 0 Å². The van der Waals surface area contributed by atoms with Crippen LogP contribution in [0.15, 0.2) is 36.5 Å². The van der Waals surface area contributed by atoms with Crippen LogP contribution < -0.4 is 10.1 Å². The second kappa shape index (κ2) is 6.23. The van der Waals surface area contributed by atoms with E-state index in [1.165, 1.54) is 11.1 Å². The SMILES string of the molecule is CCNc1cc(COc2ccc(C)c(C)c2)ccn1. The highest BCUT2D eigenvalue weighted by atomic mass is 16.5. The Kier molecular flexibility index (Phi) is 4.39. The van der Waals surface area contributed by atoms with E-state index in [-0.39, 0.29) is 0 Å². The van der Waals surface area contributed by atoms with Gasteiger partial charge in [0.05, 0.1) is 0 Å². The van der Waals surface area contributed by atoms with E-state index >= 15 is 0 Å². The van der Waals surface area contributed by atoms with E-state index in [0.29, 0.717) is 6.61 Å². The zero-order chi connectivity index (χ0) is 13.7. The Morgan fingerprint density at radius 3 is 2.68 bits per heavy atom. The highest BCUT2D eigenvalue weighted by molar-refractivity contribution is 5.38. The molecular weight excluding hydrogens is 236 g/mol. The molecule has 0 aliphatic rings. The lowest BCUT2D eigenvalue weighted by Crippen LogP contribution is -2.01. The molecule has 0 aliphatic carbocycles. The molecule has 2 rings (SSSR count). The molecule has 0 saturated heterocycles. The summed E-state index contributed by atoms with van der Waals surface area (Å²) in [7, 11) is 0. The van der Waals surface area contributed by atoms with Crippen molar-refractivity contribution in [3.8, 4) is 5.75 Å². The first-order valence-corrected chi connectivity index (χ1v) is 6.58. The van der Waals surface area contributed by atoms with Gasteiger partial charge in [0.15, 0.2) is 0 Å². The lowest BCUT2D eigenvalue weighted by molar-refractivity contribution is 0.306. The fourth-order valence-corrected chi connectivity index (χ4v) is 1.81. The molecular formula is C16H20N2O. The maximum atomic E-state index is 5.81. The smallest absolute Gasteiger partial charge is 0.126 e. The van der Waals surface area contributed by atoms with Crippen LogP contribution in [-0.2, 0) is 6.61 Å². The zero-order valence-corrected chi connectivity index (χ0v) is 11.7. The van der Waals surface area contributed by atoms with E-state index in [4.69, 9.17) is 4.74 Å². The van der Waals surface area contributed by atoms with E-state index in [1.54, 1.807) is 6.20 Å². The Morgan fingerprint density at radius 2 is 1.95 bits per heavy atom. The fraction of sp³-hybridized carbons (Fsp3) is 0.312. The number of nitrogens with zero attached hydrogens (tertiary/aromatic N) is 1. The third-order valence-corrected chi connectivity index (χ3v) is 3.07.